The van der Waals surface area contributed by atoms with Crippen molar-refractivity contribution >= 4 is 21.6 Å². The van der Waals surface area contributed by atoms with E-state index in [0.29, 0.717) is 31.1 Å². The molecule has 1 aliphatic carbocycles. The van der Waals surface area contributed by atoms with Crippen LogP contribution in [0.2, 0.25) is 5.02 Å². The minimum Gasteiger partial charge on any atom is -0.380 e. The van der Waals surface area contributed by atoms with Gasteiger partial charge >= 0.3 is 0 Å². The molecule has 2 aliphatic rings. The van der Waals surface area contributed by atoms with E-state index in [4.69, 9.17) is 26.3 Å². The van der Waals surface area contributed by atoms with Gasteiger partial charge in [-0.05, 0) is 43.4 Å². The van der Waals surface area contributed by atoms with E-state index in [1.165, 1.54) is 31.0 Å². The third-order valence-corrected chi connectivity index (χ3v) is 6.17. The molecule has 1 aliphatic heterocycles. The lowest BCUT2D eigenvalue weighted by Gasteiger charge is -2.32. The number of benzene rings is 1. The Bertz CT molecular complexity index is 743. The van der Waals surface area contributed by atoms with Gasteiger partial charge < -0.3 is 9.47 Å². The summed E-state index contributed by atoms with van der Waals surface area (Å²) in [5.74, 6) is 0.609. The molecule has 1 saturated heterocycles. The molecule has 2 atom stereocenters. The van der Waals surface area contributed by atoms with Crippen LogP contribution in [-0.2, 0) is 19.5 Å². The predicted molar refractivity (Wildman–Crippen MR) is 88.2 cm³/mol. The average molecular weight is 371 g/mol. The number of ether oxygens (including phenoxy) is 2. The second kappa shape index (κ2) is 7.38. The number of rotatable bonds is 6. The van der Waals surface area contributed by atoms with Crippen molar-refractivity contribution in [1.82, 2.24) is 4.72 Å². The SMILES string of the molecule is N#Cc1ccc(S(=O)(=O)N[C@@H]2COCC[C@@H]2OCC2CC2)c(Cl)c1. The van der Waals surface area contributed by atoms with E-state index in [2.05, 4.69) is 4.72 Å². The monoisotopic (exact) mass is 370 g/mol. The number of halogens is 1. The van der Waals surface area contributed by atoms with Gasteiger partial charge in [-0.3, -0.25) is 0 Å². The first kappa shape index (κ1) is 17.6. The molecule has 0 aromatic heterocycles. The molecule has 0 spiro atoms. The van der Waals surface area contributed by atoms with Crippen molar-refractivity contribution in [1.29, 1.82) is 5.26 Å². The highest BCUT2D eigenvalue weighted by Crippen LogP contribution is 2.30. The molecule has 2 fully saturated rings. The molecule has 24 heavy (non-hydrogen) atoms. The molecular formula is C16H19ClN2O4S. The zero-order valence-electron chi connectivity index (χ0n) is 13.1. The van der Waals surface area contributed by atoms with Gasteiger partial charge in [-0.2, -0.15) is 5.26 Å². The Kier molecular flexibility index (Phi) is 5.42. The van der Waals surface area contributed by atoms with Gasteiger partial charge in [0.15, 0.2) is 0 Å². The quantitative estimate of drug-likeness (QED) is 0.828. The van der Waals surface area contributed by atoms with E-state index >= 15 is 0 Å². The first-order valence-electron chi connectivity index (χ1n) is 7.91. The molecule has 1 heterocycles. The van der Waals surface area contributed by atoms with Crippen LogP contribution < -0.4 is 4.72 Å². The fourth-order valence-electron chi connectivity index (χ4n) is 2.62. The van der Waals surface area contributed by atoms with Gasteiger partial charge in [0.1, 0.15) is 4.90 Å². The molecule has 3 rings (SSSR count). The second-order valence-electron chi connectivity index (χ2n) is 6.16. The van der Waals surface area contributed by atoms with Crippen LogP contribution in [0, 0.1) is 17.2 Å². The Balaban J connectivity index is 1.72. The van der Waals surface area contributed by atoms with Crippen molar-refractivity contribution in [2.75, 3.05) is 19.8 Å². The number of hydrogen-bond donors (Lipinski definition) is 1. The maximum Gasteiger partial charge on any atom is 0.242 e. The number of sulfonamides is 1. The summed E-state index contributed by atoms with van der Waals surface area (Å²) in [6.45, 7) is 1.49. The Hall–Kier alpha value is -1.17. The number of nitriles is 1. The first-order chi connectivity index (χ1) is 11.5. The van der Waals surface area contributed by atoms with Crippen LogP contribution in [0.15, 0.2) is 23.1 Å². The number of nitrogens with zero attached hydrogens (tertiary/aromatic N) is 1. The van der Waals surface area contributed by atoms with Crippen molar-refractivity contribution in [2.24, 2.45) is 5.92 Å². The van der Waals surface area contributed by atoms with Crippen LogP contribution in [0.3, 0.4) is 0 Å². The van der Waals surface area contributed by atoms with Crippen LogP contribution in [0.4, 0.5) is 0 Å². The van der Waals surface area contributed by atoms with Crippen LogP contribution in [0.1, 0.15) is 24.8 Å². The fraction of sp³-hybridized carbons (Fsp3) is 0.562. The summed E-state index contributed by atoms with van der Waals surface area (Å²) >= 11 is 6.02. The smallest absolute Gasteiger partial charge is 0.242 e. The molecule has 6 nitrogen and oxygen atoms in total. The molecule has 1 aromatic carbocycles. The van der Waals surface area contributed by atoms with Crippen LogP contribution in [0.25, 0.3) is 0 Å². The van der Waals surface area contributed by atoms with Gasteiger partial charge in [0, 0.05) is 13.2 Å². The first-order valence-corrected chi connectivity index (χ1v) is 9.77. The minimum atomic E-state index is -3.82. The van der Waals surface area contributed by atoms with Crippen molar-refractivity contribution in [3.05, 3.63) is 28.8 Å². The molecule has 1 saturated carbocycles. The molecule has 0 bridgehead atoms. The third-order valence-electron chi connectivity index (χ3n) is 4.19. The van der Waals surface area contributed by atoms with Crippen LogP contribution in [0.5, 0.6) is 0 Å². The van der Waals surface area contributed by atoms with E-state index in [-0.39, 0.29) is 22.6 Å². The summed E-state index contributed by atoms with van der Waals surface area (Å²) in [5, 5.41) is 8.88. The summed E-state index contributed by atoms with van der Waals surface area (Å²) in [7, 11) is -3.82. The maximum atomic E-state index is 12.6. The highest BCUT2D eigenvalue weighted by Gasteiger charge is 2.33. The van der Waals surface area contributed by atoms with Gasteiger partial charge in [-0.25, -0.2) is 13.1 Å². The van der Waals surface area contributed by atoms with Gasteiger partial charge in [0.2, 0.25) is 10.0 Å². The summed E-state index contributed by atoms with van der Waals surface area (Å²) < 4.78 is 39.2. The van der Waals surface area contributed by atoms with Crippen LogP contribution >= 0.6 is 11.6 Å². The zero-order valence-corrected chi connectivity index (χ0v) is 14.6. The Morgan fingerprint density at radius 1 is 1.38 bits per heavy atom. The molecule has 0 unspecified atom stereocenters. The van der Waals surface area contributed by atoms with E-state index in [9.17, 15) is 8.42 Å². The maximum absolute atomic E-state index is 12.6. The summed E-state index contributed by atoms with van der Waals surface area (Å²) in [5.41, 5.74) is 0.311. The Labute approximate surface area is 146 Å². The molecule has 0 radical (unpaired) electrons. The Morgan fingerprint density at radius 3 is 2.83 bits per heavy atom. The van der Waals surface area contributed by atoms with Crippen molar-refractivity contribution < 1.29 is 17.9 Å². The van der Waals surface area contributed by atoms with Crippen LogP contribution in [-0.4, -0.2) is 40.4 Å². The zero-order chi connectivity index (χ0) is 17.2. The second-order valence-corrected chi connectivity index (χ2v) is 8.25. The van der Waals surface area contributed by atoms with Gasteiger partial charge in [0.05, 0.1) is 35.4 Å². The van der Waals surface area contributed by atoms with Crippen molar-refractivity contribution in [2.45, 2.75) is 36.3 Å². The standard InChI is InChI=1S/C16H19ClN2O4S/c17-13-7-12(8-18)3-4-16(13)24(20,21)19-14-10-22-6-5-15(14)23-9-11-1-2-11/h3-4,7,11,14-15,19H,1-2,5-6,9-10H2/t14-,15+/m1/s1. The molecule has 130 valence electrons. The average Bonchev–Trinajstić information content (AvgIpc) is 3.37. The normalized spacial score (nSPS) is 24.5. The molecule has 0 amide bonds. The fourth-order valence-corrected chi connectivity index (χ4v) is 4.42. The van der Waals surface area contributed by atoms with E-state index in [1.807, 2.05) is 6.07 Å². The summed E-state index contributed by atoms with van der Waals surface area (Å²) in [4.78, 5) is -0.0466. The third kappa shape index (κ3) is 4.26. The number of hydrogen-bond acceptors (Lipinski definition) is 5. The van der Waals surface area contributed by atoms with Gasteiger partial charge in [-0.15, -0.1) is 0 Å². The number of nitrogens with one attached hydrogen (secondary N) is 1. The van der Waals surface area contributed by atoms with Crippen molar-refractivity contribution in [3.63, 3.8) is 0 Å². The molecule has 1 N–H and O–H groups in total. The topological polar surface area (TPSA) is 88.4 Å². The highest BCUT2D eigenvalue weighted by molar-refractivity contribution is 7.89. The summed E-state index contributed by atoms with van der Waals surface area (Å²) in [6.07, 6.45) is 2.81. The lowest BCUT2D eigenvalue weighted by atomic mass is 10.1. The minimum absolute atomic E-state index is 0.0220. The molecule has 8 heteroatoms. The van der Waals surface area contributed by atoms with Crippen molar-refractivity contribution in [3.8, 4) is 6.07 Å². The lowest BCUT2D eigenvalue weighted by Crippen LogP contribution is -2.50. The highest BCUT2D eigenvalue weighted by atomic mass is 35.5. The lowest BCUT2D eigenvalue weighted by molar-refractivity contribution is -0.0533. The van der Waals surface area contributed by atoms with E-state index in [0.717, 1.165) is 0 Å². The largest absolute Gasteiger partial charge is 0.380 e. The molecular weight excluding hydrogens is 352 g/mol. The van der Waals surface area contributed by atoms with Gasteiger partial charge in [0.25, 0.3) is 0 Å². The van der Waals surface area contributed by atoms with Gasteiger partial charge in [-0.1, -0.05) is 11.6 Å². The molecule has 1 aromatic rings. The predicted octanol–water partition coefficient (Wildman–Crippen LogP) is 2.07. The summed E-state index contributed by atoms with van der Waals surface area (Å²) in [6, 6.07) is 5.59. The van der Waals surface area contributed by atoms with E-state index in [1.54, 1.807) is 0 Å². The van der Waals surface area contributed by atoms with E-state index < -0.39 is 16.1 Å². The Morgan fingerprint density at radius 2 is 2.17 bits per heavy atom.